The largest absolute Gasteiger partial charge is 0.497 e. The highest BCUT2D eigenvalue weighted by Gasteiger charge is 2.11. The molecule has 0 aromatic heterocycles. The van der Waals surface area contributed by atoms with Crippen molar-refractivity contribution < 1.29 is 19.4 Å². The second-order valence-corrected chi connectivity index (χ2v) is 3.76. The Morgan fingerprint density at radius 3 is 2.11 bits per heavy atom. The van der Waals surface area contributed by atoms with Crippen molar-refractivity contribution in [1.29, 1.82) is 0 Å². The lowest BCUT2D eigenvalue weighted by Gasteiger charge is -2.16. The van der Waals surface area contributed by atoms with Crippen LogP contribution in [-0.2, 0) is 0 Å². The number of hydrogen-bond donors (Lipinski definition) is 1. The SMILES string of the molecule is CC.CCC(CC)Oc1cc(OC)cc(C(=O)O)c1. The molecule has 0 aliphatic heterocycles. The van der Waals surface area contributed by atoms with Gasteiger partial charge in [0.25, 0.3) is 0 Å². The van der Waals surface area contributed by atoms with E-state index in [-0.39, 0.29) is 11.7 Å². The van der Waals surface area contributed by atoms with Crippen LogP contribution in [0.1, 0.15) is 50.9 Å². The Bertz CT molecular complexity index is 384. The van der Waals surface area contributed by atoms with Crippen molar-refractivity contribution in [3.63, 3.8) is 0 Å². The zero-order valence-electron chi connectivity index (χ0n) is 12.4. The Morgan fingerprint density at radius 1 is 1.16 bits per heavy atom. The summed E-state index contributed by atoms with van der Waals surface area (Å²) in [5.41, 5.74) is 0.172. The van der Waals surface area contributed by atoms with E-state index in [2.05, 4.69) is 0 Å². The zero-order chi connectivity index (χ0) is 14.8. The highest BCUT2D eigenvalue weighted by Crippen LogP contribution is 2.24. The second kappa shape index (κ2) is 9.25. The summed E-state index contributed by atoms with van der Waals surface area (Å²) in [5, 5.41) is 8.97. The van der Waals surface area contributed by atoms with Crippen LogP contribution in [-0.4, -0.2) is 24.3 Å². The maximum atomic E-state index is 10.9. The highest BCUT2D eigenvalue weighted by atomic mass is 16.5. The van der Waals surface area contributed by atoms with Gasteiger partial charge in [-0.05, 0) is 25.0 Å². The van der Waals surface area contributed by atoms with Gasteiger partial charge in [-0.1, -0.05) is 27.7 Å². The van der Waals surface area contributed by atoms with Gasteiger partial charge in [0, 0.05) is 6.07 Å². The molecule has 1 aromatic carbocycles. The Morgan fingerprint density at radius 2 is 1.68 bits per heavy atom. The number of aromatic carboxylic acids is 1. The zero-order valence-corrected chi connectivity index (χ0v) is 12.4. The molecule has 0 aliphatic rings. The van der Waals surface area contributed by atoms with Crippen LogP contribution in [0.4, 0.5) is 0 Å². The Hall–Kier alpha value is -1.71. The molecule has 1 N–H and O–H groups in total. The van der Waals surface area contributed by atoms with Gasteiger partial charge in [-0.3, -0.25) is 0 Å². The number of carboxylic acids is 1. The molecule has 0 bridgehead atoms. The first-order valence-corrected chi connectivity index (χ1v) is 6.69. The van der Waals surface area contributed by atoms with Crippen molar-refractivity contribution in [3.05, 3.63) is 23.8 Å². The molecule has 0 atom stereocenters. The van der Waals surface area contributed by atoms with Crippen molar-refractivity contribution in [2.45, 2.75) is 46.6 Å². The van der Waals surface area contributed by atoms with E-state index in [1.165, 1.54) is 19.2 Å². The van der Waals surface area contributed by atoms with Gasteiger partial charge in [0.1, 0.15) is 11.5 Å². The van der Waals surface area contributed by atoms with Crippen molar-refractivity contribution in [1.82, 2.24) is 0 Å². The molecule has 0 heterocycles. The Balaban J connectivity index is 0.00000154. The van der Waals surface area contributed by atoms with Crippen LogP contribution in [0.3, 0.4) is 0 Å². The molecule has 4 nitrogen and oxygen atoms in total. The third-order valence-electron chi connectivity index (χ3n) is 2.58. The summed E-state index contributed by atoms with van der Waals surface area (Å²) >= 11 is 0. The fourth-order valence-corrected chi connectivity index (χ4v) is 1.53. The summed E-state index contributed by atoms with van der Waals surface area (Å²) in [5.74, 6) is 0.0413. The van der Waals surface area contributed by atoms with E-state index in [1.807, 2.05) is 27.7 Å². The molecule has 0 spiro atoms. The summed E-state index contributed by atoms with van der Waals surface area (Å²) in [6.07, 6.45) is 1.87. The smallest absolute Gasteiger partial charge is 0.335 e. The molecule has 0 saturated carbocycles. The fraction of sp³-hybridized carbons (Fsp3) is 0.533. The number of hydrogen-bond acceptors (Lipinski definition) is 3. The van der Waals surface area contributed by atoms with Gasteiger partial charge < -0.3 is 14.6 Å². The number of carbonyl (C=O) groups is 1. The average molecular weight is 268 g/mol. The quantitative estimate of drug-likeness (QED) is 0.847. The van der Waals surface area contributed by atoms with E-state index in [0.29, 0.717) is 11.5 Å². The van der Waals surface area contributed by atoms with E-state index in [0.717, 1.165) is 12.8 Å². The van der Waals surface area contributed by atoms with Crippen LogP contribution in [0, 0.1) is 0 Å². The first kappa shape index (κ1) is 17.3. The molecule has 0 unspecified atom stereocenters. The van der Waals surface area contributed by atoms with Crippen LogP contribution < -0.4 is 9.47 Å². The average Bonchev–Trinajstić information content (AvgIpc) is 2.46. The van der Waals surface area contributed by atoms with Crippen molar-refractivity contribution >= 4 is 5.97 Å². The topological polar surface area (TPSA) is 55.8 Å². The molecular formula is C15H24O4. The molecule has 1 rings (SSSR count). The third kappa shape index (κ3) is 5.64. The number of benzene rings is 1. The Kier molecular flexibility index (Phi) is 8.42. The Labute approximate surface area is 115 Å². The van der Waals surface area contributed by atoms with Crippen molar-refractivity contribution in [2.75, 3.05) is 7.11 Å². The standard InChI is InChI=1S/C13H18O4.C2H6/c1-4-10(5-2)17-12-7-9(13(14)15)6-11(8-12)16-3;1-2/h6-8,10H,4-5H2,1-3H3,(H,14,15);1-2H3. The van der Waals surface area contributed by atoms with Crippen molar-refractivity contribution in [2.24, 2.45) is 0 Å². The van der Waals surface area contributed by atoms with Crippen LogP contribution >= 0.6 is 0 Å². The van der Waals surface area contributed by atoms with E-state index in [4.69, 9.17) is 14.6 Å². The summed E-state index contributed by atoms with van der Waals surface area (Å²) in [6.45, 7) is 8.07. The molecule has 0 fully saturated rings. The van der Waals surface area contributed by atoms with Gasteiger partial charge in [-0.2, -0.15) is 0 Å². The van der Waals surface area contributed by atoms with E-state index in [9.17, 15) is 4.79 Å². The van der Waals surface area contributed by atoms with E-state index >= 15 is 0 Å². The molecule has 0 radical (unpaired) electrons. The molecule has 0 saturated heterocycles. The molecule has 0 amide bonds. The third-order valence-corrected chi connectivity index (χ3v) is 2.58. The molecule has 19 heavy (non-hydrogen) atoms. The fourth-order valence-electron chi connectivity index (χ4n) is 1.53. The van der Waals surface area contributed by atoms with Crippen LogP contribution in [0.15, 0.2) is 18.2 Å². The van der Waals surface area contributed by atoms with E-state index < -0.39 is 5.97 Å². The summed E-state index contributed by atoms with van der Waals surface area (Å²) in [6, 6.07) is 4.69. The molecule has 1 aromatic rings. The maximum absolute atomic E-state index is 10.9. The van der Waals surface area contributed by atoms with Gasteiger partial charge in [0.15, 0.2) is 0 Å². The van der Waals surface area contributed by atoms with E-state index in [1.54, 1.807) is 6.07 Å². The molecular weight excluding hydrogens is 244 g/mol. The van der Waals surface area contributed by atoms with Gasteiger partial charge in [0.2, 0.25) is 0 Å². The number of carboxylic acid groups (broad SMARTS) is 1. The number of ether oxygens (including phenoxy) is 2. The lowest BCUT2D eigenvalue weighted by atomic mass is 10.2. The first-order valence-electron chi connectivity index (χ1n) is 6.69. The lowest BCUT2D eigenvalue weighted by molar-refractivity contribution is 0.0695. The van der Waals surface area contributed by atoms with Crippen LogP contribution in [0.25, 0.3) is 0 Å². The first-order chi connectivity index (χ1) is 9.10. The normalized spacial score (nSPS) is 9.58. The number of methoxy groups -OCH3 is 1. The van der Waals surface area contributed by atoms with Gasteiger partial charge in [-0.15, -0.1) is 0 Å². The van der Waals surface area contributed by atoms with Crippen molar-refractivity contribution in [3.8, 4) is 11.5 Å². The minimum absolute atomic E-state index is 0.101. The molecule has 4 heteroatoms. The summed E-state index contributed by atoms with van der Waals surface area (Å²) in [4.78, 5) is 10.9. The minimum atomic E-state index is -0.988. The second-order valence-electron chi connectivity index (χ2n) is 3.76. The minimum Gasteiger partial charge on any atom is -0.497 e. The summed E-state index contributed by atoms with van der Waals surface area (Å²) < 4.78 is 10.8. The summed E-state index contributed by atoms with van der Waals surface area (Å²) in [7, 11) is 1.50. The van der Waals surface area contributed by atoms with Gasteiger partial charge >= 0.3 is 5.97 Å². The van der Waals surface area contributed by atoms with Crippen LogP contribution in [0.2, 0.25) is 0 Å². The lowest BCUT2D eigenvalue weighted by Crippen LogP contribution is -2.14. The molecule has 0 aliphatic carbocycles. The monoisotopic (exact) mass is 268 g/mol. The number of rotatable bonds is 6. The molecule has 108 valence electrons. The van der Waals surface area contributed by atoms with Gasteiger partial charge in [0.05, 0.1) is 18.8 Å². The van der Waals surface area contributed by atoms with Gasteiger partial charge in [-0.25, -0.2) is 4.79 Å². The predicted octanol–water partition coefficient (Wildman–Crippen LogP) is 3.99. The highest BCUT2D eigenvalue weighted by molar-refractivity contribution is 5.88. The van der Waals surface area contributed by atoms with Crippen LogP contribution in [0.5, 0.6) is 11.5 Å². The predicted molar refractivity (Wildman–Crippen MR) is 76.3 cm³/mol. The maximum Gasteiger partial charge on any atom is 0.335 e.